The first kappa shape index (κ1) is 16.4. The third-order valence-corrected chi connectivity index (χ3v) is 4.99. The Bertz CT molecular complexity index is 566. The molecule has 0 saturated carbocycles. The van der Waals surface area contributed by atoms with Gasteiger partial charge in [-0.2, -0.15) is 0 Å². The highest BCUT2D eigenvalue weighted by Crippen LogP contribution is 2.24. The molecular weight excluding hydrogens is 288 g/mol. The molecule has 2 rings (SSSR count). The number of benzene rings is 1. The Balaban J connectivity index is 1.95. The Morgan fingerprint density at radius 1 is 1.33 bits per heavy atom. The van der Waals surface area contributed by atoms with Crippen molar-refractivity contribution in [3.05, 3.63) is 35.4 Å². The maximum atomic E-state index is 12.2. The van der Waals surface area contributed by atoms with Crippen LogP contribution in [-0.2, 0) is 27.1 Å². The molecule has 0 bridgehead atoms. The van der Waals surface area contributed by atoms with Crippen LogP contribution in [0.4, 0.5) is 0 Å². The maximum Gasteiger partial charge on any atom is 0.215 e. The summed E-state index contributed by atoms with van der Waals surface area (Å²) < 4.78 is 32.6. The standard InChI is InChI=1S/C15H24N2O3S/c1-15(7-4-8-20-15)12-17-21(18,19)11-14-6-3-5-13(9-14)10-16-2/h3,5-6,9,16-17H,4,7-8,10-12H2,1-2H3. The molecule has 1 heterocycles. The highest BCUT2D eigenvalue weighted by Gasteiger charge is 2.31. The Labute approximate surface area is 127 Å². The van der Waals surface area contributed by atoms with E-state index in [4.69, 9.17) is 4.74 Å². The Morgan fingerprint density at radius 3 is 2.76 bits per heavy atom. The molecule has 5 nitrogen and oxygen atoms in total. The van der Waals surface area contributed by atoms with Crippen molar-refractivity contribution < 1.29 is 13.2 Å². The maximum absolute atomic E-state index is 12.2. The van der Waals surface area contributed by atoms with Gasteiger partial charge in [0.15, 0.2) is 0 Å². The summed E-state index contributed by atoms with van der Waals surface area (Å²) in [7, 11) is -1.47. The predicted molar refractivity (Wildman–Crippen MR) is 83.4 cm³/mol. The van der Waals surface area contributed by atoms with Gasteiger partial charge in [0.25, 0.3) is 0 Å². The molecule has 21 heavy (non-hydrogen) atoms. The minimum absolute atomic E-state index is 0.000629. The van der Waals surface area contributed by atoms with Crippen LogP contribution < -0.4 is 10.0 Å². The van der Waals surface area contributed by atoms with E-state index in [-0.39, 0.29) is 11.4 Å². The van der Waals surface area contributed by atoms with Crippen LogP contribution in [0.5, 0.6) is 0 Å². The van der Waals surface area contributed by atoms with Gasteiger partial charge in [-0.25, -0.2) is 13.1 Å². The molecule has 0 aromatic heterocycles. The summed E-state index contributed by atoms with van der Waals surface area (Å²) in [6.07, 6.45) is 1.89. The zero-order valence-electron chi connectivity index (χ0n) is 12.7. The summed E-state index contributed by atoms with van der Waals surface area (Å²) in [4.78, 5) is 0. The SMILES string of the molecule is CNCc1cccc(CS(=O)(=O)NCC2(C)CCCO2)c1. The topological polar surface area (TPSA) is 67.4 Å². The molecule has 0 amide bonds. The molecule has 0 spiro atoms. The molecule has 1 aromatic rings. The van der Waals surface area contributed by atoms with Gasteiger partial charge in [0, 0.05) is 19.7 Å². The lowest BCUT2D eigenvalue weighted by Crippen LogP contribution is -2.40. The van der Waals surface area contributed by atoms with Crippen LogP contribution in [0, 0.1) is 0 Å². The highest BCUT2D eigenvalue weighted by atomic mass is 32.2. The average molecular weight is 312 g/mol. The summed E-state index contributed by atoms with van der Waals surface area (Å²) in [5.41, 5.74) is 1.52. The van der Waals surface area contributed by atoms with E-state index in [1.165, 1.54) is 0 Å². The first-order valence-electron chi connectivity index (χ1n) is 7.26. The third kappa shape index (κ3) is 5.07. The van der Waals surface area contributed by atoms with E-state index in [1.54, 1.807) is 0 Å². The second-order valence-electron chi connectivity index (χ2n) is 5.83. The Hall–Kier alpha value is -0.950. The molecule has 1 aromatic carbocycles. The van der Waals surface area contributed by atoms with Gasteiger partial charge in [0.2, 0.25) is 10.0 Å². The van der Waals surface area contributed by atoms with E-state index < -0.39 is 10.0 Å². The lowest BCUT2D eigenvalue weighted by molar-refractivity contribution is 0.0250. The number of hydrogen-bond acceptors (Lipinski definition) is 4. The molecule has 1 saturated heterocycles. The first-order chi connectivity index (χ1) is 9.92. The monoisotopic (exact) mass is 312 g/mol. The van der Waals surface area contributed by atoms with Crippen LogP contribution in [0.2, 0.25) is 0 Å². The van der Waals surface area contributed by atoms with Crippen molar-refractivity contribution >= 4 is 10.0 Å². The number of hydrogen-bond donors (Lipinski definition) is 2. The van der Waals surface area contributed by atoms with Crippen molar-refractivity contribution in [2.24, 2.45) is 0 Å². The molecule has 1 atom stereocenters. The van der Waals surface area contributed by atoms with Crippen LogP contribution in [0.3, 0.4) is 0 Å². The number of nitrogens with one attached hydrogen (secondary N) is 2. The van der Waals surface area contributed by atoms with Gasteiger partial charge in [0.1, 0.15) is 0 Å². The second kappa shape index (κ2) is 6.87. The lowest BCUT2D eigenvalue weighted by atomic mass is 10.0. The van der Waals surface area contributed by atoms with Gasteiger partial charge >= 0.3 is 0 Å². The number of sulfonamides is 1. The van der Waals surface area contributed by atoms with E-state index in [9.17, 15) is 8.42 Å². The molecule has 1 unspecified atom stereocenters. The van der Waals surface area contributed by atoms with Crippen molar-refractivity contribution in [3.8, 4) is 0 Å². The molecule has 2 N–H and O–H groups in total. The van der Waals surface area contributed by atoms with Gasteiger partial charge in [-0.1, -0.05) is 24.3 Å². The molecule has 1 aliphatic heterocycles. The van der Waals surface area contributed by atoms with Crippen LogP contribution >= 0.6 is 0 Å². The van der Waals surface area contributed by atoms with Crippen molar-refractivity contribution in [1.82, 2.24) is 10.0 Å². The van der Waals surface area contributed by atoms with Crippen molar-refractivity contribution in [1.29, 1.82) is 0 Å². The van der Waals surface area contributed by atoms with Crippen molar-refractivity contribution in [2.45, 2.75) is 37.7 Å². The zero-order valence-corrected chi connectivity index (χ0v) is 13.5. The Morgan fingerprint density at radius 2 is 2.10 bits per heavy atom. The van der Waals surface area contributed by atoms with E-state index in [2.05, 4.69) is 10.0 Å². The molecule has 0 aliphatic carbocycles. The fraction of sp³-hybridized carbons (Fsp3) is 0.600. The molecular formula is C15H24N2O3S. The second-order valence-corrected chi connectivity index (χ2v) is 7.64. The summed E-state index contributed by atoms with van der Waals surface area (Å²) >= 11 is 0. The summed E-state index contributed by atoms with van der Waals surface area (Å²) in [5.74, 6) is 0.000629. The van der Waals surface area contributed by atoms with Crippen molar-refractivity contribution in [2.75, 3.05) is 20.2 Å². The summed E-state index contributed by atoms with van der Waals surface area (Å²) in [6.45, 7) is 3.74. The van der Waals surface area contributed by atoms with E-state index >= 15 is 0 Å². The van der Waals surface area contributed by atoms with Gasteiger partial charge in [0.05, 0.1) is 11.4 Å². The smallest absolute Gasteiger partial charge is 0.215 e. The molecule has 0 radical (unpaired) electrons. The molecule has 1 aliphatic rings. The van der Waals surface area contributed by atoms with Gasteiger partial charge < -0.3 is 10.1 Å². The van der Waals surface area contributed by atoms with Crippen LogP contribution in [0.1, 0.15) is 30.9 Å². The van der Waals surface area contributed by atoms with E-state index in [0.717, 1.165) is 30.5 Å². The molecule has 6 heteroatoms. The molecule has 1 fully saturated rings. The number of ether oxygens (including phenoxy) is 1. The first-order valence-corrected chi connectivity index (χ1v) is 8.91. The van der Waals surface area contributed by atoms with Gasteiger partial charge in [-0.05, 0) is 37.9 Å². The van der Waals surface area contributed by atoms with Gasteiger partial charge in [-0.3, -0.25) is 0 Å². The Kier molecular flexibility index (Phi) is 5.37. The normalized spacial score (nSPS) is 22.6. The minimum Gasteiger partial charge on any atom is -0.374 e. The lowest BCUT2D eigenvalue weighted by Gasteiger charge is -2.23. The number of rotatable bonds is 7. The van der Waals surface area contributed by atoms with Crippen LogP contribution in [0.15, 0.2) is 24.3 Å². The van der Waals surface area contributed by atoms with Crippen LogP contribution in [0.25, 0.3) is 0 Å². The minimum atomic E-state index is -3.34. The highest BCUT2D eigenvalue weighted by molar-refractivity contribution is 7.88. The van der Waals surface area contributed by atoms with Crippen LogP contribution in [-0.4, -0.2) is 34.2 Å². The quantitative estimate of drug-likeness (QED) is 0.798. The fourth-order valence-corrected chi connectivity index (χ4v) is 3.79. The average Bonchev–Trinajstić information content (AvgIpc) is 2.85. The zero-order chi connectivity index (χ0) is 15.3. The van der Waals surface area contributed by atoms with E-state index in [1.807, 2.05) is 38.2 Å². The fourth-order valence-electron chi connectivity index (χ4n) is 2.54. The largest absolute Gasteiger partial charge is 0.374 e. The van der Waals surface area contributed by atoms with E-state index in [0.29, 0.717) is 13.2 Å². The van der Waals surface area contributed by atoms with Crippen molar-refractivity contribution in [3.63, 3.8) is 0 Å². The predicted octanol–water partition coefficient (Wildman–Crippen LogP) is 1.39. The third-order valence-electron chi connectivity index (χ3n) is 3.70. The summed E-state index contributed by atoms with van der Waals surface area (Å²) in [6, 6.07) is 7.63. The van der Waals surface area contributed by atoms with Gasteiger partial charge in [-0.15, -0.1) is 0 Å². The summed E-state index contributed by atoms with van der Waals surface area (Å²) in [5, 5.41) is 3.06. The molecule has 118 valence electrons.